The molecule has 5 nitrogen and oxygen atoms in total. The van der Waals surface area contributed by atoms with Crippen LogP contribution in [0, 0.1) is 0 Å². The number of benzene rings is 1. The quantitative estimate of drug-likeness (QED) is 0.823. The summed E-state index contributed by atoms with van der Waals surface area (Å²) in [4.78, 5) is 22.6. The molecule has 0 aliphatic heterocycles. The maximum absolute atomic E-state index is 11.6. The summed E-state index contributed by atoms with van der Waals surface area (Å²) in [5.41, 5.74) is -0.246. The number of amides is 1. The Balaban J connectivity index is 3.13. The molecule has 0 saturated carbocycles. The third kappa shape index (κ3) is 3.98. The van der Waals surface area contributed by atoms with Crippen molar-refractivity contribution >= 4 is 11.9 Å². The number of carbonyl (C=O) groups excluding carboxylic acids is 1. The molecule has 0 spiro atoms. The number of nitrogens with one attached hydrogen (secondary N) is 1. The van der Waals surface area contributed by atoms with Crippen molar-refractivity contribution in [1.82, 2.24) is 5.32 Å². The van der Waals surface area contributed by atoms with Crippen LogP contribution in [-0.2, 0) is 15.1 Å². The van der Waals surface area contributed by atoms with Crippen molar-refractivity contribution in [3.05, 3.63) is 29.8 Å². The minimum Gasteiger partial charge on any atom is -0.497 e. The Kier molecular flexibility index (Phi) is 4.92. The molecule has 19 heavy (non-hydrogen) atoms. The van der Waals surface area contributed by atoms with Crippen LogP contribution in [0.5, 0.6) is 5.75 Å². The van der Waals surface area contributed by atoms with E-state index < -0.39 is 11.5 Å². The number of carboxylic acid groups (broad SMARTS) is 1. The molecule has 2 N–H and O–H groups in total. The average molecular weight is 265 g/mol. The lowest BCUT2D eigenvalue weighted by Crippen LogP contribution is -2.44. The van der Waals surface area contributed by atoms with Crippen molar-refractivity contribution in [2.45, 2.75) is 32.2 Å². The molecule has 0 radical (unpaired) electrons. The molecule has 0 heterocycles. The third-order valence-corrected chi connectivity index (χ3v) is 2.95. The third-order valence-electron chi connectivity index (χ3n) is 2.95. The minimum atomic E-state index is -0.971. The predicted octanol–water partition coefficient (Wildman–Crippen LogP) is 1.91. The lowest BCUT2D eigenvalue weighted by Gasteiger charge is -2.30. The monoisotopic (exact) mass is 265 g/mol. The second-order valence-corrected chi connectivity index (χ2v) is 4.54. The molecule has 1 atom stereocenters. The number of carbonyl (C=O) groups is 2. The van der Waals surface area contributed by atoms with Gasteiger partial charge in [-0.1, -0.05) is 19.1 Å². The van der Waals surface area contributed by atoms with E-state index in [1.807, 2.05) is 0 Å². The zero-order chi connectivity index (χ0) is 14.5. The zero-order valence-corrected chi connectivity index (χ0v) is 11.4. The van der Waals surface area contributed by atoms with E-state index in [4.69, 9.17) is 9.84 Å². The van der Waals surface area contributed by atoms with Gasteiger partial charge in [-0.3, -0.25) is 9.59 Å². The van der Waals surface area contributed by atoms with Gasteiger partial charge in [0.1, 0.15) is 5.75 Å². The van der Waals surface area contributed by atoms with Crippen LogP contribution in [0.15, 0.2) is 24.3 Å². The first-order chi connectivity index (χ1) is 8.91. The molecule has 0 aliphatic rings. The Morgan fingerprint density at radius 2 is 2.11 bits per heavy atom. The number of rotatable bonds is 6. The van der Waals surface area contributed by atoms with E-state index in [1.165, 1.54) is 7.11 Å². The topological polar surface area (TPSA) is 75.6 Å². The molecule has 0 aliphatic carbocycles. The van der Waals surface area contributed by atoms with Crippen molar-refractivity contribution in [3.63, 3.8) is 0 Å². The Bertz CT molecular complexity index is 472. The molecule has 1 amide bonds. The molecular weight excluding hydrogens is 246 g/mol. The molecule has 0 aromatic heterocycles. The SMILES string of the molecule is CCC(=O)NC(C)(CC(=O)O)c1cccc(OC)c1. The van der Waals surface area contributed by atoms with Crippen LogP contribution in [0.2, 0.25) is 0 Å². The van der Waals surface area contributed by atoms with Gasteiger partial charge in [0.2, 0.25) is 5.91 Å². The number of carboxylic acids is 1. The summed E-state index contributed by atoms with van der Waals surface area (Å²) < 4.78 is 5.13. The van der Waals surface area contributed by atoms with E-state index in [2.05, 4.69) is 5.32 Å². The van der Waals surface area contributed by atoms with E-state index in [0.29, 0.717) is 17.7 Å². The Hall–Kier alpha value is -2.04. The Morgan fingerprint density at radius 3 is 2.63 bits per heavy atom. The van der Waals surface area contributed by atoms with E-state index in [-0.39, 0.29) is 12.3 Å². The lowest BCUT2D eigenvalue weighted by molar-refractivity contribution is -0.139. The van der Waals surface area contributed by atoms with Gasteiger partial charge in [0.05, 0.1) is 19.1 Å². The van der Waals surface area contributed by atoms with Crippen molar-refractivity contribution in [1.29, 1.82) is 0 Å². The van der Waals surface area contributed by atoms with Crippen LogP contribution in [-0.4, -0.2) is 24.1 Å². The summed E-state index contributed by atoms with van der Waals surface area (Å²) in [6, 6.07) is 7.05. The number of methoxy groups -OCH3 is 1. The van der Waals surface area contributed by atoms with Gasteiger partial charge in [-0.2, -0.15) is 0 Å². The molecular formula is C14H19NO4. The van der Waals surface area contributed by atoms with Gasteiger partial charge in [0.15, 0.2) is 0 Å². The summed E-state index contributed by atoms with van der Waals surface area (Å²) in [5, 5.41) is 11.8. The molecule has 1 unspecified atom stereocenters. The smallest absolute Gasteiger partial charge is 0.306 e. The van der Waals surface area contributed by atoms with Crippen molar-refractivity contribution in [2.24, 2.45) is 0 Å². The summed E-state index contributed by atoms with van der Waals surface area (Å²) in [5.74, 6) is -0.534. The molecule has 1 aromatic carbocycles. The zero-order valence-electron chi connectivity index (χ0n) is 11.4. The highest BCUT2D eigenvalue weighted by molar-refractivity contribution is 5.78. The maximum Gasteiger partial charge on any atom is 0.306 e. The molecule has 104 valence electrons. The van der Waals surface area contributed by atoms with E-state index in [9.17, 15) is 9.59 Å². The highest BCUT2D eigenvalue weighted by Gasteiger charge is 2.31. The normalized spacial score (nSPS) is 13.4. The number of hydrogen-bond donors (Lipinski definition) is 2. The maximum atomic E-state index is 11.6. The number of ether oxygens (including phenoxy) is 1. The summed E-state index contributed by atoms with van der Waals surface area (Å²) in [7, 11) is 1.54. The van der Waals surface area contributed by atoms with Gasteiger partial charge in [0.25, 0.3) is 0 Å². The van der Waals surface area contributed by atoms with Gasteiger partial charge in [-0.15, -0.1) is 0 Å². The number of hydrogen-bond acceptors (Lipinski definition) is 3. The van der Waals surface area contributed by atoms with Crippen LogP contribution < -0.4 is 10.1 Å². The van der Waals surface area contributed by atoms with E-state index in [0.717, 1.165) is 0 Å². The first kappa shape index (κ1) is 15.0. The number of aliphatic carboxylic acids is 1. The summed E-state index contributed by atoms with van der Waals surface area (Å²) in [6.07, 6.45) is 0.116. The fourth-order valence-electron chi connectivity index (χ4n) is 1.88. The van der Waals surface area contributed by atoms with Crippen molar-refractivity contribution < 1.29 is 19.4 Å². The van der Waals surface area contributed by atoms with Crippen LogP contribution in [0.1, 0.15) is 32.3 Å². The summed E-state index contributed by atoms with van der Waals surface area (Å²) in [6.45, 7) is 3.42. The molecule has 1 rings (SSSR count). The van der Waals surface area contributed by atoms with Gasteiger partial charge in [0, 0.05) is 6.42 Å². The lowest BCUT2D eigenvalue weighted by atomic mass is 9.88. The largest absolute Gasteiger partial charge is 0.497 e. The van der Waals surface area contributed by atoms with Crippen LogP contribution in [0.3, 0.4) is 0 Å². The molecule has 5 heteroatoms. The standard InChI is InChI=1S/C14H19NO4/c1-4-12(16)15-14(2,9-13(17)18)10-6-5-7-11(8-10)19-3/h5-8H,4,9H2,1-3H3,(H,15,16)(H,17,18). The van der Waals surface area contributed by atoms with Crippen molar-refractivity contribution in [2.75, 3.05) is 7.11 Å². The van der Waals surface area contributed by atoms with E-state index >= 15 is 0 Å². The highest BCUT2D eigenvalue weighted by atomic mass is 16.5. The fourth-order valence-corrected chi connectivity index (χ4v) is 1.88. The average Bonchev–Trinajstić information content (AvgIpc) is 2.37. The van der Waals surface area contributed by atoms with Gasteiger partial charge in [-0.25, -0.2) is 0 Å². The van der Waals surface area contributed by atoms with Gasteiger partial charge in [-0.05, 0) is 24.6 Å². The van der Waals surface area contributed by atoms with Gasteiger partial charge < -0.3 is 15.2 Å². The molecule has 1 aromatic rings. The second kappa shape index (κ2) is 6.22. The Morgan fingerprint density at radius 1 is 1.42 bits per heavy atom. The van der Waals surface area contributed by atoms with Crippen LogP contribution >= 0.6 is 0 Å². The molecule has 0 fully saturated rings. The highest BCUT2D eigenvalue weighted by Crippen LogP contribution is 2.27. The van der Waals surface area contributed by atoms with E-state index in [1.54, 1.807) is 38.1 Å². The first-order valence-corrected chi connectivity index (χ1v) is 6.08. The van der Waals surface area contributed by atoms with Gasteiger partial charge >= 0.3 is 5.97 Å². The minimum absolute atomic E-state index is 0.188. The molecule has 0 saturated heterocycles. The Labute approximate surface area is 112 Å². The van der Waals surface area contributed by atoms with Crippen LogP contribution in [0.25, 0.3) is 0 Å². The second-order valence-electron chi connectivity index (χ2n) is 4.54. The predicted molar refractivity (Wildman–Crippen MR) is 71.0 cm³/mol. The van der Waals surface area contributed by atoms with Crippen LogP contribution in [0.4, 0.5) is 0 Å². The molecule has 0 bridgehead atoms. The summed E-state index contributed by atoms with van der Waals surface area (Å²) >= 11 is 0. The first-order valence-electron chi connectivity index (χ1n) is 6.08. The van der Waals surface area contributed by atoms with Crippen molar-refractivity contribution in [3.8, 4) is 5.75 Å². The fraction of sp³-hybridized carbons (Fsp3) is 0.429.